The molecule has 0 aliphatic heterocycles. The highest BCUT2D eigenvalue weighted by molar-refractivity contribution is 9.10. The third kappa shape index (κ3) is 4.98. The lowest BCUT2D eigenvalue weighted by Gasteiger charge is -2.19. The Labute approximate surface area is 177 Å². The van der Waals surface area contributed by atoms with Crippen molar-refractivity contribution in [3.63, 3.8) is 0 Å². The number of aromatic nitrogens is 1. The first-order valence-corrected chi connectivity index (χ1v) is 9.96. The first-order valence-electron chi connectivity index (χ1n) is 9.17. The van der Waals surface area contributed by atoms with Gasteiger partial charge in [0.2, 0.25) is 0 Å². The van der Waals surface area contributed by atoms with Crippen LogP contribution in [0.4, 0.5) is 4.79 Å². The fourth-order valence-electron chi connectivity index (χ4n) is 2.74. The Bertz CT molecular complexity index is 1060. The van der Waals surface area contributed by atoms with Gasteiger partial charge in [0.05, 0.1) is 12.1 Å². The van der Waals surface area contributed by atoms with Gasteiger partial charge in [-0.1, -0.05) is 15.9 Å². The summed E-state index contributed by atoms with van der Waals surface area (Å²) in [6.07, 6.45) is 1.21. The molecule has 1 aromatic heterocycles. The van der Waals surface area contributed by atoms with Gasteiger partial charge in [0, 0.05) is 16.1 Å². The Hall–Kier alpha value is -2.80. The fraction of sp³-hybridized carbons (Fsp3) is 0.273. The molecule has 0 atom stereocenters. The molecule has 0 aliphatic carbocycles. The summed E-state index contributed by atoms with van der Waals surface area (Å²) in [6, 6.07) is 12.2. The molecule has 0 fully saturated rings. The van der Waals surface area contributed by atoms with Crippen molar-refractivity contribution in [1.82, 2.24) is 4.57 Å². The van der Waals surface area contributed by atoms with E-state index in [0.717, 1.165) is 9.86 Å². The third-order valence-corrected chi connectivity index (χ3v) is 4.41. The van der Waals surface area contributed by atoms with E-state index < -0.39 is 17.7 Å². The number of hydrogen-bond acceptors (Lipinski definition) is 5. The molecule has 3 aromatic rings. The normalized spacial score (nSPS) is 11.3. The number of fused-ring (bicyclic) bond motifs is 1. The maximum Gasteiger partial charge on any atom is 0.418 e. The van der Waals surface area contributed by atoms with E-state index in [0.29, 0.717) is 22.6 Å². The summed E-state index contributed by atoms with van der Waals surface area (Å²) < 4.78 is 18.7. The number of benzene rings is 2. The van der Waals surface area contributed by atoms with Gasteiger partial charge in [0.1, 0.15) is 22.7 Å². The highest BCUT2D eigenvalue weighted by atomic mass is 79.9. The number of halogens is 1. The second-order valence-corrected chi connectivity index (χ2v) is 8.27. The molecule has 7 heteroatoms. The van der Waals surface area contributed by atoms with Gasteiger partial charge < -0.3 is 14.2 Å². The fourth-order valence-corrected chi connectivity index (χ4v) is 3.08. The summed E-state index contributed by atoms with van der Waals surface area (Å²) in [7, 11) is 0. The van der Waals surface area contributed by atoms with Crippen LogP contribution in [0.25, 0.3) is 10.9 Å². The molecule has 0 bridgehead atoms. The van der Waals surface area contributed by atoms with E-state index in [1.165, 1.54) is 4.57 Å². The number of esters is 1. The van der Waals surface area contributed by atoms with Crippen LogP contribution in [-0.2, 0) is 9.47 Å². The van der Waals surface area contributed by atoms with Crippen LogP contribution in [0.3, 0.4) is 0 Å². The molecule has 0 aliphatic rings. The summed E-state index contributed by atoms with van der Waals surface area (Å²) in [4.78, 5) is 24.6. The molecule has 0 saturated carbocycles. The summed E-state index contributed by atoms with van der Waals surface area (Å²) >= 11 is 3.39. The molecule has 3 rings (SSSR count). The number of carbonyl (C=O) groups is 2. The third-order valence-electron chi connectivity index (χ3n) is 3.92. The van der Waals surface area contributed by atoms with Gasteiger partial charge >= 0.3 is 12.1 Å². The molecule has 29 heavy (non-hydrogen) atoms. The predicted octanol–water partition coefficient (Wildman–Crippen LogP) is 6.16. The quantitative estimate of drug-likeness (QED) is 0.437. The van der Waals surface area contributed by atoms with Gasteiger partial charge in [0.25, 0.3) is 0 Å². The number of carbonyl (C=O) groups excluding carboxylic acids is 2. The molecule has 6 nitrogen and oxygen atoms in total. The van der Waals surface area contributed by atoms with Crippen molar-refractivity contribution in [2.24, 2.45) is 0 Å². The van der Waals surface area contributed by atoms with Crippen LogP contribution in [0.5, 0.6) is 11.5 Å². The van der Waals surface area contributed by atoms with Crippen molar-refractivity contribution in [3.8, 4) is 11.5 Å². The Morgan fingerprint density at radius 3 is 2.52 bits per heavy atom. The van der Waals surface area contributed by atoms with Crippen LogP contribution in [0.15, 0.2) is 53.1 Å². The molecule has 0 N–H and O–H groups in total. The molecular formula is C22H22BrNO5. The standard InChI is InChI=1S/C22H22BrNO5/c1-5-27-20(25)17-8-6-15(23)13-19(17)28-16-7-9-18-14(12-16)10-11-24(18)21(26)29-22(2,3)4/h6-13H,5H2,1-4H3. The van der Waals surface area contributed by atoms with E-state index in [4.69, 9.17) is 14.2 Å². The smallest absolute Gasteiger partial charge is 0.418 e. The Balaban J connectivity index is 1.90. The molecule has 0 unspecified atom stereocenters. The van der Waals surface area contributed by atoms with E-state index in [2.05, 4.69) is 15.9 Å². The molecule has 0 amide bonds. The van der Waals surface area contributed by atoms with Crippen LogP contribution in [0, 0.1) is 0 Å². The van der Waals surface area contributed by atoms with Crippen molar-refractivity contribution in [2.75, 3.05) is 6.61 Å². The molecular weight excluding hydrogens is 438 g/mol. The highest BCUT2D eigenvalue weighted by Crippen LogP contribution is 2.31. The zero-order valence-electron chi connectivity index (χ0n) is 16.7. The van der Waals surface area contributed by atoms with Gasteiger partial charge in [-0.15, -0.1) is 0 Å². The van der Waals surface area contributed by atoms with E-state index in [-0.39, 0.29) is 6.61 Å². The number of rotatable bonds is 4. The molecule has 0 spiro atoms. The van der Waals surface area contributed by atoms with Gasteiger partial charge in [0.15, 0.2) is 0 Å². The van der Waals surface area contributed by atoms with Gasteiger partial charge in [-0.3, -0.25) is 4.57 Å². The van der Waals surface area contributed by atoms with E-state index >= 15 is 0 Å². The van der Waals surface area contributed by atoms with Crippen molar-refractivity contribution in [2.45, 2.75) is 33.3 Å². The number of hydrogen-bond donors (Lipinski definition) is 0. The average molecular weight is 460 g/mol. The van der Waals surface area contributed by atoms with Crippen LogP contribution in [0.1, 0.15) is 38.1 Å². The average Bonchev–Trinajstić information content (AvgIpc) is 3.04. The van der Waals surface area contributed by atoms with Crippen molar-refractivity contribution in [1.29, 1.82) is 0 Å². The lowest BCUT2D eigenvalue weighted by molar-refractivity contribution is 0.0519. The second kappa shape index (κ2) is 8.29. The Morgan fingerprint density at radius 1 is 1.07 bits per heavy atom. The SMILES string of the molecule is CCOC(=O)c1ccc(Br)cc1Oc1ccc2c(ccn2C(=O)OC(C)(C)C)c1. The summed E-state index contributed by atoms with van der Waals surface area (Å²) in [5, 5.41) is 0.807. The number of nitrogens with zero attached hydrogens (tertiary/aromatic N) is 1. The lowest BCUT2D eigenvalue weighted by Crippen LogP contribution is -2.26. The van der Waals surface area contributed by atoms with Gasteiger partial charge in [-0.25, -0.2) is 9.59 Å². The van der Waals surface area contributed by atoms with Crippen molar-refractivity contribution in [3.05, 3.63) is 58.7 Å². The molecule has 0 saturated heterocycles. The van der Waals surface area contributed by atoms with Gasteiger partial charge in [-0.2, -0.15) is 0 Å². The Morgan fingerprint density at radius 2 is 1.83 bits per heavy atom. The largest absolute Gasteiger partial charge is 0.462 e. The van der Waals surface area contributed by atoms with Crippen molar-refractivity contribution >= 4 is 38.9 Å². The zero-order valence-corrected chi connectivity index (χ0v) is 18.3. The maximum absolute atomic E-state index is 12.4. The van der Waals surface area contributed by atoms with Crippen molar-refractivity contribution < 1.29 is 23.8 Å². The molecule has 0 radical (unpaired) electrons. The zero-order chi connectivity index (χ0) is 21.2. The maximum atomic E-state index is 12.4. The highest BCUT2D eigenvalue weighted by Gasteiger charge is 2.19. The van der Waals surface area contributed by atoms with E-state index in [1.807, 2.05) is 20.8 Å². The second-order valence-electron chi connectivity index (χ2n) is 7.35. The lowest BCUT2D eigenvalue weighted by atomic mass is 10.2. The van der Waals surface area contributed by atoms with Crippen LogP contribution in [-0.4, -0.2) is 28.8 Å². The van der Waals surface area contributed by atoms with Crippen LogP contribution < -0.4 is 4.74 Å². The predicted molar refractivity (Wildman–Crippen MR) is 114 cm³/mol. The summed E-state index contributed by atoms with van der Waals surface area (Å²) in [6.45, 7) is 7.49. The first-order chi connectivity index (χ1) is 13.7. The number of ether oxygens (including phenoxy) is 3. The molecule has 2 aromatic carbocycles. The van der Waals surface area contributed by atoms with E-state index in [1.54, 1.807) is 55.6 Å². The minimum atomic E-state index is -0.582. The monoisotopic (exact) mass is 459 g/mol. The summed E-state index contributed by atoms with van der Waals surface area (Å²) in [5.74, 6) is 0.457. The van der Waals surface area contributed by atoms with Crippen LogP contribution >= 0.6 is 15.9 Å². The molecule has 1 heterocycles. The molecule has 152 valence electrons. The first kappa shape index (κ1) is 20.9. The van der Waals surface area contributed by atoms with Crippen LogP contribution in [0.2, 0.25) is 0 Å². The topological polar surface area (TPSA) is 66.8 Å². The van der Waals surface area contributed by atoms with E-state index in [9.17, 15) is 9.59 Å². The summed E-state index contributed by atoms with van der Waals surface area (Å²) in [5.41, 5.74) is 0.453. The Kier molecular flexibility index (Phi) is 5.98. The minimum Gasteiger partial charge on any atom is -0.462 e. The van der Waals surface area contributed by atoms with Gasteiger partial charge in [-0.05, 0) is 70.2 Å². The minimum absolute atomic E-state index is 0.276.